The number of rotatable bonds is 7. The van der Waals surface area contributed by atoms with Gasteiger partial charge >= 0.3 is 5.97 Å². The zero-order chi connectivity index (χ0) is 16.0. The highest BCUT2D eigenvalue weighted by Crippen LogP contribution is 2.20. The van der Waals surface area contributed by atoms with E-state index in [1.54, 1.807) is 0 Å². The summed E-state index contributed by atoms with van der Waals surface area (Å²) in [6.07, 6.45) is 0.939. The quantitative estimate of drug-likeness (QED) is 0.809. The van der Waals surface area contributed by atoms with E-state index in [-0.39, 0.29) is 17.9 Å². The van der Waals surface area contributed by atoms with Crippen LogP contribution in [-0.2, 0) is 16.0 Å². The molecule has 1 rings (SSSR count). The highest BCUT2D eigenvalue weighted by Gasteiger charge is 2.16. The van der Waals surface area contributed by atoms with Crippen molar-refractivity contribution in [1.82, 2.24) is 0 Å². The van der Waals surface area contributed by atoms with Crippen LogP contribution in [0.4, 0.5) is 10.1 Å². The van der Waals surface area contributed by atoms with Crippen LogP contribution in [0, 0.1) is 17.7 Å². The Labute approximate surface area is 124 Å². The number of carboxylic acids is 1. The third-order valence-electron chi connectivity index (χ3n) is 3.59. The van der Waals surface area contributed by atoms with E-state index in [9.17, 15) is 14.0 Å². The first-order chi connectivity index (χ1) is 9.83. The Morgan fingerprint density at radius 3 is 2.48 bits per heavy atom. The van der Waals surface area contributed by atoms with Gasteiger partial charge in [-0.2, -0.15) is 0 Å². The van der Waals surface area contributed by atoms with Crippen LogP contribution in [0.5, 0.6) is 0 Å². The lowest BCUT2D eigenvalue weighted by Crippen LogP contribution is -2.19. The van der Waals surface area contributed by atoms with Crippen molar-refractivity contribution in [2.24, 2.45) is 11.8 Å². The van der Waals surface area contributed by atoms with Crippen molar-refractivity contribution in [2.75, 3.05) is 5.32 Å². The van der Waals surface area contributed by atoms with E-state index in [2.05, 4.69) is 19.2 Å². The molecule has 1 amide bonds. The minimum Gasteiger partial charge on any atom is -0.481 e. The zero-order valence-corrected chi connectivity index (χ0v) is 12.6. The normalized spacial score (nSPS) is 12.2. The summed E-state index contributed by atoms with van der Waals surface area (Å²) in [5, 5.41) is 11.3. The molecule has 0 saturated heterocycles. The molecule has 0 spiro atoms. The van der Waals surface area contributed by atoms with Gasteiger partial charge in [-0.15, -0.1) is 0 Å². The Kier molecular flexibility index (Phi) is 6.34. The molecule has 0 aliphatic rings. The first-order valence-corrected chi connectivity index (χ1v) is 7.13. The Bertz CT molecular complexity index is 514. The molecule has 1 atom stereocenters. The summed E-state index contributed by atoms with van der Waals surface area (Å²) in [6, 6.07) is 4.07. The molecule has 21 heavy (non-hydrogen) atoms. The van der Waals surface area contributed by atoms with Gasteiger partial charge < -0.3 is 10.4 Å². The van der Waals surface area contributed by atoms with Crippen molar-refractivity contribution >= 4 is 17.6 Å². The lowest BCUT2D eigenvalue weighted by molar-refractivity contribution is -0.136. The van der Waals surface area contributed by atoms with Crippen LogP contribution in [-0.4, -0.2) is 17.0 Å². The van der Waals surface area contributed by atoms with Gasteiger partial charge in [-0.3, -0.25) is 9.59 Å². The summed E-state index contributed by atoms with van der Waals surface area (Å²) < 4.78 is 13.7. The molecule has 4 nitrogen and oxygen atoms in total. The summed E-state index contributed by atoms with van der Waals surface area (Å²) in [6.45, 7) is 6.18. The van der Waals surface area contributed by atoms with Crippen LogP contribution in [0.15, 0.2) is 18.2 Å². The van der Waals surface area contributed by atoms with Crippen LogP contribution < -0.4 is 5.32 Å². The Balaban J connectivity index is 2.69. The third-order valence-corrected chi connectivity index (χ3v) is 3.59. The second kappa shape index (κ2) is 7.76. The second-order valence-electron chi connectivity index (χ2n) is 5.54. The van der Waals surface area contributed by atoms with E-state index in [1.807, 2.05) is 6.92 Å². The molecule has 1 aromatic rings. The number of halogens is 1. The predicted molar refractivity (Wildman–Crippen MR) is 79.6 cm³/mol. The zero-order valence-electron chi connectivity index (χ0n) is 12.6. The molecular weight excluding hydrogens is 273 g/mol. The molecule has 0 aliphatic carbocycles. The molecular formula is C16H22FNO3. The van der Waals surface area contributed by atoms with Crippen LogP contribution in [0.3, 0.4) is 0 Å². The number of amides is 1. The van der Waals surface area contributed by atoms with Crippen molar-refractivity contribution in [3.63, 3.8) is 0 Å². The summed E-state index contributed by atoms with van der Waals surface area (Å²) in [5.41, 5.74) is 0.458. The van der Waals surface area contributed by atoms with Crippen molar-refractivity contribution in [3.8, 4) is 0 Å². The Morgan fingerprint density at radius 2 is 2.00 bits per heavy atom. The average Bonchev–Trinajstić information content (AvgIpc) is 2.38. The van der Waals surface area contributed by atoms with Crippen molar-refractivity contribution in [1.29, 1.82) is 0 Å². The van der Waals surface area contributed by atoms with Crippen LogP contribution in [0.2, 0.25) is 0 Å². The number of carboxylic acid groups (broad SMARTS) is 1. The fourth-order valence-electron chi connectivity index (χ4n) is 2.23. The van der Waals surface area contributed by atoms with Gasteiger partial charge in [0.1, 0.15) is 5.82 Å². The van der Waals surface area contributed by atoms with Gasteiger partial charge in [0, 0.05) is 12.1 Å². The van der Waals surface area contributed by atoms with Crippen molar-refractivity contribution < 1.29 is 19.1 Å². The monoisotopic (exact) mass is 295 g/mol. The van der Waals surface area contributed by atoms with E-state index in [0.717, 1.165) is 12.5 Å². The maximum Gasteiger partial charge on any atom is 0.307 e. The lowest BCUT2D eigenvalue weighted by atomic mass is 9.90. The van der Waals surface area contributed by atoms with Gasteiger partial charge in [-0.05, 0) is 29.5 Å². The molecule has 0 saturated carbocycles. The van der Waals surface area contributed by atoms with Gasteiger partial charge in [0.25, 0.3) is 0 Å². The van der Waals surface area contributed by atoms with Crippen molar-refractivity contribution in [3.05, 3.63) is 29.6 Å². The molecule has 0 aromatic heterocycles. The largest absolute Gasteiger partial charge is 0.481 e. The molecule has 5 heteroatoms. The van der Waals surface area contributed by atoms with Crippen LogP contribution >= 0.6 is 0 Å². The van der Waals surface area contributed by atoms with Gasteiger partial charge in [0.05, 0.1) is 6.42 Å². The number of aliphatic carboxylic acids is 1. The van der Waals surface area contributed by atoms with E-state index in [4.69, 9.17) is 5.11 Å². The van der Waals surface area contributed by atoms with Crippen molar-refractivity contribution in [2.45, 2.75) is 40.0 Å². The number of hydrogen-bond acceptors (Lipinski definition) is 2. The Hall–Kier alpha value is -1.91. The molecule has 1 unspecified atom stereocenters. The molecule has 0 radical (unpaired) electrons. The molecule has 0 heterocycles. The first-order valence-electron chi connectivity index (χ1n) is 7.13. The highest BCUT2D eigenvalue weighted by atomic mass is 19.1. The smallest absolute Gasteiger partial charge is 0.307 e. The fraction of sp³-hybridized carbons (Fsp3) is 0.500. The number of nitrogens with one attached hydrogen (secondary N) is 1. The highest BCUT2D eigenvalue weighted by molar-refractivity contribution is 5.90. The number of carbonyl (C=O) groups excluding carboxylic acids is 1. The first kappa shape index (κ1) is 17.1. The standard InChI is InChI=1S/C16H22FNO3/c1-4-11(10(2)3)7-15(19)18-13-6-5-12(8-16(20)21)14(17)9-13/h5-6,9-11H,4,7-8H2,1-3H3,(H,18,19)(H,20,21). The predicted octanol–water partition coefficient (Wildman–Crippen LogP) is 3.46. The van der Waals surface area contributed by atoms with E-state index < -0.39 is 11.8 Å². The Morgan fingerprint density at radius 1 is 1.33 bits per heavy atom. The summed E-state index contributed by atoms with van der Waals surface area (Å²) in [7, 11) is 0. The number of hydrogen-bond donors (Lipinski definition) is 2. The van der Waals surface area contributed by atoms with Gasteiger partial charge in [-0.25, -0.2) is 4.39 Å². The summed E-state index contributed by atoms with van der Waals surface area (Å²) in [5.74, 6) is -1.16. The summed E-state index contributed by atoms with van der Waals surface area (Å²) in [4.78, 5) is 22.5. The van der Waals surface area contributed by atoms with Gasteiger partial charge in [-0.1, -0.05) is 33.3 Å². The molecule has 0 aliphatic heterocycles. The maximum atomic E-state index is 13.7. The molecule has 0 bridgehead atoms. The molecule has 0 fully saturated rings. The SMILES string of the molecule is CCC(CC(=O)Nc1ccc(CC(=O)O)c(F)c1)C(C)C. The number of carbonyl (C=O) groups is 2. The fourth-order valence-corrected chi connectivity index (χ4v) is 2.23. The molecule has 116 valence electrons. The second-order valence-corrected chi connectivity index (χ2v) is 5.54. The molecule has 2 N–H and O–H groups in total. The van der Waals surface area contributed by atoms with Gasteiger partial charge in [0.2, 0.25) is 5.91 Å². The maximum absolute atomic E-state index is 13.7. The molecule has 1 aromatic carbocycles. The average molecular weight is 295 g/mol. The third kappa shape index (κ3) is 5.53. The summed E-state index contributed by atoms with van der Waals surface area (Å²) >= 11 is 0. The van der Waals surface area contributed by atoms with E-state index >= 15 is 0 Å². The van der Waals surface area contributed by atoms with Gasteiger partial charge in [0.15, 0.2) is 0 Å². The number of anilines is 1. The van der Waals surface area contributed by atoms with Crippen LogP contribution in [0.25, 0.3) is 0 Å². The van der Waals surface area contributed by atoms with Crippen LogP contribution in [0.1, 0.15) is 39.2 Å². The number of benzene rings is 1. The minimum atomic E-state index is -1.09. The topological polar surface area (TPSA) is 66.4 Å². The lowest BCUT2D eigenvalue weighted by Gasteiger charge is -2.18. The van der Waals surface area contributed by atoms with E-state index in [0.29, 0.717) is 23.9 Å². The van der Waals surface area contributed by atoms with E-state index in [1.165, 1.54) is 12.1 Å². The minimum absolute atomic E-state index is 0.106.